The summed E-state index contributed by atoms with van der Waals surface area (Å²) in [5, 5.41) is 3.32. The van der Waals surface area contributed by atoms with Crippen molar-refractivity contribution in [1.29, 1.82) is 0 Å². The van der Waals surface area contributed by atoms with Crippen molar-refractivity contribution in [3.8, 4) is 0 Å². The first-order valence-electron chi connectivity index (χ1n) is 5.57. The molecule has 0 fully saturated rings. The van der Waals surface area contributed by atoms with Gasteiger partial charge in [-0.2, -0.15) is 0 Å². The zero-order valence-corrected chi connectivity index (χ0v) is 11.6. The summed E-state index contributed by atoms with van der Waals surface area (Å²) in [4.78, 5) is 4.28. The molecular weight excluding hydrogens is 276 g/mol. The highest BCUT2D eigenvalue weighted by molar-refractivity contribution is 9.10. The van der Waals surface area contributed by atoms with Gasteiger partial charge in [-0.15, -0.1) is 0 Å². The summed E-state index contributed by atoms with van der Waals surface area (Å²) in [7, 11) is 0. The minimum Gasteiger partial charge on any atom is -0.366 e. The Morgan fingerprint density at radius 3 is 2.65 bits per heavy atom. The Labute approximate surface area is 110 Å². The lowest BCUT2D eigenvalue weighted by molar-refractivity contribution is 1.08. The van der Waals surface area contributed by atoms with Crippen LogP contribution in [0.3, 0.4) is 0 Å². The Morgan fingerprint density at radius 2 is 2.00 bits per heavy atom. The summed E-state index contributed by atoms with van der Waals surface area (Å²) in [6.07, 6.45) is 1.80. The number of hydrogen-bond acceptors (Lipinski definition) is 2. The molecule has 2 rings (SSSR count). The molecule has 0 bridgehead atoms. The van der Waals surface area contributed by atoms with Crippen LogP contribution < -0.4 is 5.32 Å². The molecular formula is C14H15BrN2. The second-order valence-corrected chi connectivity index (χ2v) is 5.06. The normalized spacial score (nSPS) is 10.3. The Kier molecular flexibility index (Phi) is 3.79. The third-order valence-electron chi connectivity index (χ3n) is 2.69. The third kappa shape index (κ3) is 3.30. The fourth-order valence-electron chi connectivity index (χ4n) is 1.71. The van der Waals surface area contributed by atoms with E-state index in [0.29, 0.717) is 0 Å². The lowest BCUT2D eigenvalue weighted by Gasteiger charge is -2.09. The molecule has 0 radical (unpaired) electrons. The van der Waals surface area contributed by atoms with Gasteiger partial charge in [-0.05, 0) is 53.0 Å². The molecule has 88 valence electrons. The van der Waals surface area contributed by atoms with Gasteiger partial charge in [0.1, 0.15) is 5.82 Å². The first-order chi connectivity index (χ1) is 8.15. The molecule has 2 nitrogen and oxygen atoms in total. The zero-order valence-electron chi connectivity index (χ0n) is 10.00. The number of halogens is 1. The van der Waals surface area contributed by atoms with Gasteiger partial charge >= 0.3 is 0 Å². The second-order valence-electron chi connectivity index (χ2n) is 4.15. The summed E-state index contributed by atoms with van der Waals surface area (Å²) in [6.45, 7) is 5.06. The number of rotatable bonds is 3. The van der Waals surface area contributed by atoms with E-state index >= 15 is 0 Å². The van der Waals surface area contributed by atoms with Crippen LogP contribution in [0.15, 0.2) is 41.0 Å². The molecule has 3 heteroatoms. The molecule has 1 aromatic heterocycles. The van der Waals surface area contributed by atoms with Crippen LogP contribution in [0.5, 0.6) is 0 Å². The van der Waals surface area contributed by atoms with Crippen molar-refractivity contribution in [3.05, 3.63) is 57.7 Å². The molecule has 0 unspecified atom stereocenters. The zero-order chi connectivity index (χ0) is 12.3. The van der Waals surface area contributed by atoms with Crippen LogP contribution in [-0.2, 0) is 6.54 Å². The van der Waals surface area contributed by atoms with Gasteiger partial charge in [0.05, 0.1) is 0 Å². The Hall–Kier alpha value is -1.35. The van der Waals surface area contributed by atoms with Crippen molar-refractivity contribution in [3.63, 3.8) is 0 Å². The van der Waals surface area contributed by atoms with E-state index in [1.54, 1.807) is 6.20 Å². The topological polar surface area (TPSA) is 24.9 Å². The third-order valence-corrected chi connectivity index (χ3v) is 3.15. The SMILES string of the molecule is Cc1ccc(CNc2ccc(Br)cn2)c(C)c1. The first kappa shape index (κ1) is 12.1. The standard InChI is InChI=1S/C14H15BrN2/c1-10-3-4-12(11(2)7-10)8-16-14-6-5-13(15)9-17-14/h3-7,9H,8H2,1-2H3,(H,16,17). The number of benzene rings is 1. The van der Waals surface area contributed by atoms with E-state index in [1.165, 1.54) is 16.7 Å². The van der Waals surface area contributed by atoms with Crippen molar-refractivity contribution >= 4 is 21.7 Å². The maximum Gasteiger partial charge on any atom is 0.126 e. The van der Waals surface area contributed by atoms with Gasteiger partial charge in [0.2, 0.25) is 0 Å². The van der Waals surface area contributed by atoms with Crippen LogP contribution in [0, 0.1) is 13.8 Å². The highest BCUT2D eigenvalue weighted by atomic mass is 79.9. The van der Waals surface area contributed by atoms with Crippen molar-refractivity contribution < 1.29 is 0 Å². The predicted octanol–water partition coefficient (Wildman–Crippen LogP) is 4.07. The van der Waals surface area contributed by atoms with E-state index < -0.39 is 0 Å². The van der Waals surface area contributed by atoms with Gasteiger partial charge < -0.3 is 5.32 Å². The maximum absolute atomic E-state index is 4.28. The van der Waals surface area contributed by atoms with E-state index in [4.69, 9.17) is 0 Å². The Balaban J connectivity index is 2.04. The minimum absolute atomic E-state index is 0.806. The van der Waals surface area contributed by atoms with Gasteiger partial charge in [-0.3, -0.25) is 0 Å². The van der Waals surface area contributed by atoms with Crippen LogP contribution in [0.4, 0.5) is 5.82 Å². The number of nitrogens with one attached hydrogen (secondary N) is 1. The van der Waals surface area contributed by atoms with E-state index in [1.807, 2.05) is 12.1 Å². The smallest absolute Gasteiger partial charge is 0.126 e. The molecule has 0 aliphatic rings. The van der Waals surface area contributed by atoms with Gasteiger partial charge in [0.15, 0.2) is 0 Å². The van der Waals surface area contributed by atoms with Crippen LogP contribution in [-0.4, -0.2) is 4.98 Å². The molecule has 0 aliphatic carbocycles. The molecule has 0 amide bonds. The van der Waals surface area contributed by atoms with E-state index in [9.17, 15) is 0 Å². The molecule has 1 heterocycles. The Morgan fingerprint density at radius 1 is 1.18 bits per heavy atom. The molecule has 1 N–H and O–H groups in total. The van der Waals surface area contributed by atoms with Gasteiger partial charge in [-0.25, -0.2) is 4.98 Å². The fraction of sp³-hybridized carbons (Fsp3) is 0.214. The van der Waals surface area contributed by atoms with Crippen LogP contribution in [0.1, 0.15) is 16.7 Å². The lowest BCUT2D eigenvalue weighted by Crippen LogP contribution is -2.02. The van der Waals surface area contributed by atoms with E-state index in [0.717, 1.165) is 16.8 Å². The second kappa shape index (κ2) is 5.32. The average Bonchev–Trinajstić information content (AvgIpc) is 2.30. The molecule has 0 saturated carbocycles. The van der Waals surface area contributed by atoms with Crippen molar-refractivity contribution in [2.75, 3.05) is 5.32 Å². The summed E-state index contributed by atoms with van der Waals surface area (Å²) in [5.74, 6) is 0.896. The number of nitrogens with zero attached hydrogens (tertiary/aromatic N) is 1. The van der Waals surface area contributed by atoms with Gasteiger partial charge in [0, 0.05) is 17.2 Å². The molecule has 2 aromatic rings. The summed E-state index contributed by atoms with van der Waals surface area (Å²) in [6, 6.07) is 10.5. The highest BCUT2D eigenvalue weighted by Crippen LogP contribution is 2.14. The number of aryl methyl sites for hydroxylation is 2. The predicted molar refractivity (Wildman–Crippen MR) is 75.2 cm³/mol. The number of aromatic nitrogens is 1. The summed E-state index contributed by atoms with van der Waals surface area (Å²) in [5.41, 5.74) is 3.92. The first-order valence-corrected chi connectivity index (χ1v) is 6.36. The van der Waals surface area contributed by atoms with Crippen molar-refractivity contribution in [2.45, 2.75) is 20.4 Å². The molecule has 17 heavy (non-hydrogen) atoms. The number of anilines is 1. The minimum atomic E-state index is 0.806. The van der Waals surface area contributed by atoms with E-state index in [-0.39, 0.29) is 0 Å². The van der Waals surface area contributed by atoms with Crippen molar-refractivity contribution in [1.82, 2.24) is 4.98 Å². The van der Waals surface area contributed by atoms with Crippen LogP contribution in [0.25, 0.3) is 0 Å². The Bertz CT molecular complexity index is 506. The quantitative estimate of drug-likeness (QED) is 0.922. The van der Waals surface area contributed by atoms with Gasteiger partial charge in [-0.1, -0.05) is 23.8 Å². The molecule has 0 atom stereocenters. The highest BCUT2D eigenvalue weighted by Gasteiger charge is 1.99. The van der Waals surface area contributed by atoms with Crippen molar-refractivity contribution in [2.24, 2.45) is 0 Å². The molecule has 0 spiro atoms. The van der Waals surface area contributed by atoms with Gasteiger partial charge in [0.25, 0.3) is 0 Å². The number of hydrogen-bond donors (Lipinski definition) is 1. The molecule has 0 aliphatic heterocycles. The molecule has 0 saturated heterocycles. The monoisotopic (exact) mass is 290 g/mol. The lowest BCUT2D eigenvalue weighted by atomic mass is 10.1. The summed E-state index contributed by atoms with van der Waals surface area (Å²) >= 11 is 3.37. The number of pyridine rings is 1. The van der Waals surface area contributed by atoms with Crippen LogP contribution in [0.2, 0.25) is 0 Å². The maximum atomic E-state index is 4.28. The fourth-order valence-corrected chi connectivity index (χ4v) is 1.94. The molecule has 1 aromatic carbocycles. The average molecular weight is 291 g/mol. The largest absolute Gasteiger partial charge is 0.366 e. The van der Waals surface area contributed by atoms with E-state index in [2.05, 4.69) is 58.3 Å². The van der Waals surface area contributed by atoms with Crippen LogP contribution >= 0.6 is 15.9 Å². The summed E-state index contributed by atoms with van der Waals surface area (Å²) < 4.78 is 0.995.